The Morgan fingerprint density at radius 3 is 2.62 bits per heavy atom. The summed E-state index contributed by atoms with van der Waals surface area (Å²) in [6.07, 6.45) is 5.40. The summed E-state index contributed by atoms with van der Waals surface area (Å²) in [4.78, 5) is 4.41. The average molecular weight is 343 g/mol. The van der Waals surface area contributed by atoms with Crippen LogP contribution < -0.4 is 5.32 Å². The molecule has 0 amide bonds. The lowest BCUT2D eigenvalue weighted by Crippen LogP contribution is -2.10. The zero-order chi connectivity index (χ0) is 14.7. The number of anilines is 1. The fourth-order valence-corrected chi connectivity index (χ4v) is 2.42. The molecule has 0 fully saturated rings. The van der Waals surface area contributed by atoms with Crippen molar-refractivity contribution in [2.75, 3.05) is 5.32 Å². The van der Waals surface area contributed by atoms with Crippen LogP contribution in [0.3, 0.4) is 0 Å². The first-order valence-corrected chi connectivity index (χ1v) is 7.50. The Morgan fingerprint density at radius 1 is 1.10 bits per heavy atom. The Kier molecular flexibility index (Phi) is 4.01. The summed E-state index contributed by atoms with van der Waals surface area (Å²) >= 11 is 3.46. The third kappa shape index (κ3) is 3.13. The molecule has 0 aliphatic rings. The van der Waals surface area contributed by atoms with E-state index in [1.54, 1.807) is 17.1 Å². The SMILES string of the molecule is CC(Nc1cccnc1-n1cccn1)c1ccc(Br)cc1. The highest BCUT2D eigenvalue weighted by molar-refractivity contribution is 9.10. The maximum atomic E-state index is 4.41. The van der Waals surface area contributed by atoms with E-state index in [0.29, 0.717) is 0 Å². The summed E-state index contributed by atoms with van der Waals surface area (Å²) in [6.45, 7) is 2.13. The highest BCUT2D eigenvalue weighted by Gasteiger charge is 2.10. The lowest BCUT2D eigenvalue weighted by Gasteiger charge is -2.17. The molecule has 1 unspecified atom stereocenters. The van der Waals surface area contributed by atoms with Gasteiger partial charge in [-0.25, -0.2) is 9.67 Å². The Bertz CT molecular complexity index is 707. The number of aromatic nitrogens is 3. The van der Waals surface area contributed by atoms with Crippen LogP contribution in [0.2, 0.25) is 0 Å². The minimum atomic E-state index is 0.177. The van der Waals surface area contributed by atoms with Gasteiger partial charge in [-0.05, 0) is 42.8 Å². The summed E-state index contributed by atoms with van der Waals surface area (Å²) in [7, 11) is 0. The van der Waals surface area contributed by atoms with Crippen LogP contribution >= 0.6 is 15.9 Å². The quantitative estimate of drug-likeness (QED) is 0.772. The Hall–Kier alpha value is -2.14. The van der Waals surface area contributed by atoms with Gasteiger partial charge in [-0.2, -0.15) is 5.10 Å². The topological polar surface area (TPSA) is 42.7 Å². The number of rotatable bonds is 4. The highest BCUT2D eigenvalue weighted by Crippen LogP contribution is 2.24. The van der Waals surface area contributed by atoms with Crippen LogP contribution in [-0.4, -0.2) is 14.8 Å². The van der Waals surface area contributed by atoms with E-state index in [2.05, 4.69) is 50.4 Å². The van der Waals surface area contributed by atoms with E-state index in [-0.39, 0.29) is 6.04 Å². The first-order valence-electron chi connectivity index (χ1n) is 6.71. The van der Waals surface area contributed by atoms with Crippen molar-refractivity contribution in [3.63, 3.8) is 0 Å². The molecule has 2 heterocycles. The van der Waals surface area contributed by atoms with E-state index in [4.69, 9.17) is 0 Å². The molecule has 1 N–H and O–H groups in total. The molecular formula is C16H15BrN4. The van der Waals surface area contributed by atoms with Crippen LogP contribution in [0.5, 0.6) is 0 Å². The van der Waals surface area contributed by atoms with Crippen molar-refractivity contribution >= 4 is 21.6 Å². The normalized spacial score (nSPS) is 12.1. The standard InChI is InChI=1S/C16H15BrN4/c1-12(13-5-7-14(17)8-6-13)20-15-4-2-9-18-16(15)21-11-3-10-19-21/h2-12,20H,1H3. The van der Waals surface area contributed by atoms with E-state index in [1.807, 2.05) is 36.5 Å². The molecule has 106 valence electrons. The van der Waals surface area contributed by atoms with Crippen LogP contribution in [0.25, 0.3) is 5.82 Å². The predicted octanol–water partition coefficient (Wildman–Crippen LogP) is 4.20. The summed E-state index contributed by atoms with van der Waals surface area (Å²) in [6, 6.07) is 14.3. The van der Waals surface area contributed by atoms with Crippen molar-refractivity contribution in [2.45, 2.75) is 13.0 Å². The number of halogens is 1. The molecule has 0 aliphatic carbocycles. The summed E-state index contributed by atoms with van der Waals surface area (Å²) in [5.74, 6) is 0.798. The molecule has 1 aromatic carbocycles. The van der Waals surface area contributed by atoms with Gasteiger partial charge in [0.25, 0.3) is 0 Å². The van der Waals surface area contributed by atoms with E-state index in [0.717, 1.165) is 16.0 Å². The van der Waals surface area contributed by atoms with Crippen LogP contribution in [-0.2, 0) is 0 Å². The maximum absolute atomic E-state index is 4.41. The smallest absolute Gasteiger partial charge is 0.176 e. The molecular weight excluding hydrogens is 328 g/mol. The van der Waals surface area contributed by atoms with Crippen molar-refractivity contribution < 1.29 is 0 Å². The largest absolute Gasteiger partial charge is 0.375 e. The second-order valence-corrected chi connectivity index (χ2v) is 5.66. The Balaban J connectivity index is 1.86. The Labute approximate surface area is 132 Å². The summed E-state index contributed by atoms with van der Waals surface area (Å²) in [5.41, 5.74) is 2.17. The van der Waals surface area contributed by atoms with Crippen molar-refractivity contribution in [2.24, 2.45) is 0 Å². The predicted molar refractivity (Wildman–Crippen MR) is 87.5 cm³/mol. The molecule has 4 nitrogen and oxygen atoms in total. The average Bonchev–Trinajstić information content (AvgIpc) is 3.02. The first-order chi connectivity index (χ1) is 10.2. The van der Waals surface area contributed by atoms with Gasteiger partial charge in [0.05, 0.1) is 5.69 Å². The van der Waals surface area contributed by atoms with Gasteiger partial charge in [0, 0.05) is 29.1 Å². The van der Waals surface area contributed by atoms with E-state index < -0.39 is 0 Å². The van der Waals surface area contributed by atoms with Gasteiger partial charge in [-0.1, -0.05) is 28.1 Å². The van der Waals surface area contributed by atoms with Crippen LogP contribution in [0, 0.1) is 0 Å². The van der Waals surface area contributed by atoms with E-state index in [1.165, 1.54) is 5.56 Å². The van der Waals surface area contributed by atoms with Gasteiger partial charge >= 0.3 is 0 Å². The second-order valence-electron chi connectivity index (χ2n) is 4.74. The summed E-state index contributed by atoms with van der Waals surface area (Å²) in [5, 5.41) is 7.74. The lowest BCUT2D eigenvalue weighted by atomic mass is 10.1. The van der Waals surface area contributed by atoms with Crippen LogP contribution in [0.15, 0.2) is 65.5 Å². The van der Waals surface area contributed by atoms with Gasteiger partial charge in [0.15, 0.2) is 5.82 Å². The molecule has 21 heavy (non-hydrogen) atoms. The molecule has 0 saturated carbocycles. The first kappa shape index (κ1) is 13.8. The van der Waals surface area contributed by atoms with Crippen molar-refractivity contribution in [3.05, 3.63) is 71.1 Å². The van der Waals surface area contributed by atoms with Crippen LogP contribution in [0.1, 0.15) is 18.5 Å². The minimum Gasteiger partial charge on any atom is -0.375 e. The van der Waals surface area contributed by atoms with Crippen molar-refractivity contribution in [1.82, 2.24) is 14.8 Å². The number of nitrogens with one attached hydrogen (secondary N) is 1. The van der Waals surface area contributed by atoms with Crippen molar-refractivity contribution in [1.29, 1.82) is 0 Å². The fraction of sp³-hybridized carbons (Fsp3) is 0.125. The molecule has 0 saturated heterocycles. The minimum absolute atomic E-state index is 0.177. The molecule has 3 aromatic rings. The van der Waals surface area contributed by atoms with Crippen molar-refractivity contribution in [3.8, 4) is 5.82 Å². The third-order valence-corrected chi connectivity index (χ3v) is 3.78. The van der Waals surface area contributed by atoms with E-state index in [9.17, 15) is 0 Å². The third-order valence-electron chi connectivity index (χ3n) is 3.25. The van der Waals surface area contributed by atoms with Gasteiger partial charge < -0.3 is 5.32 Å². The molecule has 0 aliphatic heterocycles. The lowest BCUT2D eigenvalue weighted by molar-refractivity contribution is 0.829. The molecule has 0 radical (unpaired) electrons. The Morgan fingerprint density at radius 2 is 1.90 bits per heavy atom. The van der Waals surface area contributed by atoms with Gasteiger partial charge in [-0.15, -0.1) is 0 Å². The second kappa shape index (κ2) is 6.10. The van der Waals surface area contributed by atoms with Crippen LogP contribution in [0.4, 0.5) is 5.69 Å². The molecule has 5 heteroatoms. The number of benzene rings is 1. The monoisotopic (exact) mass is 342 g/mol. The van der Waals surface area contributed by atoms with E-state index >= 15 is 0 Å². The molecule has 0 spiro atoms. The molecule has 3 rings (SSSR count). The molecule has 1 atom stereocenters. The number of hydrogen-bond donors (Lipinski definition) is 1. The number of hydrogen-bond acceptors (Lipinski definition) is 3. The van der Waals surface area contributed by atoms with Gasteiger partial charge in [0.1, 0.15) is 0 Å². The highest BCUT2D eigenvalue weighted by atomic mass is 79.9. The van der Waals surface area contributed by atoms with Gasteiger partial charge in [-0.3, -0.25) is 0 Å². The zero-order valence-corrected chi connectivity index (χ0v) is 13.2. The fourth-order valence-electron chi connectivity index (χ4n) is 2.15. The number of nitrogens with zero attached hydrogens (tertiary/aromatic N) is 3. The zero-order valence-electron chi connectivity index (χ0n) is 11.6. The van der Waals surface area contributed by atoms with Gasteiger partial charge in [0.2, 0.25) is 0 Å². The molecule has 2 aromatic heterocycles. The number of pyridine rings is 1. The maximum Gasteiger partial charge on any atom is 0.176 e. The summed E-state index contributed by atoms with van der Waals surface area (Å²) < 4.78 is 2.84. The molecule has 0 bridgehead atoms.